The molecule has 0 unspecified atom stereocenters. The van der Waals surface area contributed by atoms with Crippen LogP contribution in [0, 0.1) is 0 Å². The van der Waals surface area contributed by atoms with Crippen LogP contribution in [0.1, 0.15) is 11.5 Å². The predicted octanol–water partition coefficient (Wildman–Crippen LogP) is 2.36. The lowest BCUT2D eigenvalue weighted by Gasteiger charge is -1.92. The molecule has 0 aliphatic heterocycles. The van der Waals surface area contributed by atoms with Gasteiger partial charge in [0.05, 0.1) is 18.3 Å². The highest BCUT2D eigenvalue weighted by atomic mass is 79.9. The molecule has 62 valence electrons. The van der Waals surface area contributed by atoms with Crippen molar-refractivity contribution in [3.63, 3.8) is 0 Å². The number of hydrogen-bond acceptors (Lipinski definition) is 2. The van der Waals surface area contributed by atoms with Crippen LogP contribution in [0.25, 0.3) is 0 Å². The van der Waals surface area contributed by atoms with E-state index in [0.29, 0.717) is 0 Å². The van der Waals surface area contributed by atoms with E-state index in [1.165, 1.54) is 0 Å². The summed E-state index contributed by atoms with van der Waals surface area (Å²) in [6, 6.07) is 3.81. The van der Waals surface area contributed by atoms with Crippen molar-refractivity contribution in [3.05, 3.63) is 40.8 Å². The molecule has 0 aliphatic rings. The first-order valence-electron chi connectivity index (χ1n) is 3.56. The van der Waals surface area contributed by atoms with Crippen LogP contribution in [0.4, 0.5) is 0 Å². The summed E-state index contributed by atoms with van der Waals surface area (Å²) < 4.78 is 6.04. The van der Waals surface area contributed by atoms with Gasteiger partial charge in [0.1, 0.15) is 10.4 Å². The molecule has 0 amide bonds. The molecule has 2 aromatic rings. The summed E-state index contributed by atoms with van der Waals surface area (Å²) in [5, 5.41) is 0. The molecule has 0 saturated carbocycles. The molecule has 2 rings (SSSR count). The highest BCUT2D eigenvalue weighted by molar-refractivity contribution is 9.10. The first kappa shape index (κ1) is 7.61. The maximum Gasteiger partial charge on any atom is 0.127 e. The SMILES string of the molecule is Brc1nc[nH]c1Cc1ccco1. The lowest BCUT2D eigenvalue weighted by atomic mass is 10.3. The van der Waals surface area contributed by atoms with Gasteiger partial charge in [-0.25, -0.2) is 4.98 Å². The molecule has 0 spiro atoms. The number of rotatable bonds is 2. The van der Waals surface area contributed by atoms with Crippen molar-refractivity contribution >= 4 is 15.9 Å². The number of nitrogens with zero attached hydrogens (tertiary/aromatic N) is 1. The maximum absolute atomic E-state index is 5.19. The van der Waals surface area contributed by atoms with Crippen molar-refractivity contribution in [1.82, 2.24) is 9.97 Å². The fourth-order valence-corrected chi connectivity index (χ4v) is 1.37. The Kier molecular flexibility index (Phi) is 1.99. The summed E-state index contributed by atoms with van der Waals surface area (Å²) in [5.74, 6) is 0.931. The smallest absolute Gasteiger partial charge is 0.127 e. The third-order valence-corrected chi connectivity index (χ3v) is 2.28. The molecular weight excluding hydrogens is 220 g/mol. The van der Waals surface area contributed by atoms with E-state index in [-0.39, 0.29) is 0 Å². The monoisotopic (exact) mass is 226 g/mol. The minimum atomic E-state index is 0.744. The number of H-pyrrole nitrogens is 1. The van der Waals surface area contributed by atoms with Gasteiger partial charge in [-0.1, -0.05) is 0 Å². The number of halogens is 1. The molecule has 0 bridgehead atoms. The number of imidazole rings is 1. The van der Waals surface area contributed by atoms with Gasteiger partial charge in [-0.3, -0.25) is 0 Å². The summed E-state index contributed by atoms with van der Waals surface area (Å²) in [7, 11) is 0. The predicted molar refractivity (Wildman–Crippen MR) is 47.8 cm³/mol. The molecule has 4 heteroatoms. The van der Waals surface area contributed by atoms with E-state index < -0.39 is 0 Å². The van der Waals surface area contributed by atoms with E-state index in [4.69, 9.17) is 4.42 Å². The highest BCUT2D eigenvalue weighted by Gasteiger charge is 2.04. The van der Waals surface area contributed by atoms with Crippen molar-refractivity contribution in [2.24, 2.45) is 0 Å². The Balaban J connectivity index is 2.20. The van der Waals surface area contributed by atoms with Crippen LogP contribution in [-0.4, -0.2) is 9.97 Å². The maximum atomic E-state index is 5.19. The average Bonchev–Trinajstić information content (AvgIpc) is 2.65. The third-order valence-electron chi connectivity index (χ3n) is 1.60. The number of aromatic nitrogens is 2. The standard InChI is InChI=1S/C8H7BrN2O/c9-8-7(10-5-11-8)4-6-2-1-3-12-6/h1-3,5H,4H2,(H,10,11). The zero-order valence-corrected chi connectivity index (χ0v) is 7.84. The van der Waals surface area contributed by atoms with Crippen LogP contribution in [0.5, 0.6) is 0 Å². The summed E-state index contributed by atoms with van der Waals surface area (Å²) >= 11 is 3.33. The fraction of sp³-hybridized carbons (Fsp3) is 0.125. The molecule has 2 aromatic heterocycles. The van der Waals surface area contributed by atoms with Gasteiger partial charge in [-0.05, 0) is 28.1 Å². The molecule has 0 fully saturated rings. The van der Waals surface area contributed by atoms with E-state index in [2.05, 4.69) is 25.9 Å². The zero-order chi connectivity index (χ0) is 8.39. The lowest BCUT2D eigenvalue weighted by molar-refractivity contribution is 0.519. The fourth-order valence-electron chi connectivity index (χ4n) is 1.02. The van der Waals surface area contributed by atoms with Crippen molar-refractivity contribution in [2.45, 2.75) is 6.42 Å². The minimum Gasteiger partial charge on any atom is -0.469 e. The van der Waals surface area contributed by atoms with Gasteiger partial charge in [0, 0.05) is 6.42 Å². The van der Waals surface area contributed by atoms with E-state index in [1.54, 1.807) is 12.6 Å². The number of nitrogens with one attached hydrogen (secondary N) is 1. The number of aromatic amines is 1. The van der Waals surface area contributed by atoms with Crippen LogP contribution in [0.3, 0.4) is 0 Å². The Morgan fingerprint density at radius 2 is 2.50 bits per heavy atom. The summed E-state index contributed by atoms with van der Waals surface area (Å²) in [5.41, 5.74) is 1.03. The van der Waals surface area contributed by atoms with Crippen LogP contribution in [0.15, 0.2) is 33.7 Å². The highest BCUT2D eigenvalue weighted by Crippen LogP contribution is 2.15. The molecule has 2 heterocycles. The van der Waals surface area contributed by atoms with E-state index >= 15 is 0 Å². The van der Waals surface area contributed by atoms with Gasteiger partial charge in [0.25, 0.3) is 0 Å². The molecule has 12 heavy (non-hydrogen) atoms. The third kappa shape index (κ3) is 1.43. The molecule has 1 N–H and O–H groups in total. The quantitative estimate of drug-likeness (QED) is 0.855. The van der Waals surface area contributed by atoms with Gasteiger partial charge in [-0.15, -0.1) is 0 Å². The van der Waals surface area contributed by atoms with Crippen LogP contribution in [0.2, 0.25) is 0 Å². The number of hydrogen-bond donors (Lipinski definition) is 1. The van der Waals surface area contributed by atoms with Gasteiger partial charge < -0.3 is 9.40 Å². The second-order valence-electron chi connectivity index (χ2n) is 2.43. The Bertz CT molecular complexity index is 353. The molecule has 0 aromatic carbocycles. The van der Waals surface area contributed by atoms with Crippen molar-refractivity contribution in [3.8, 4) is 0 Å². The molecule has 0 radical (unpaired) electrons. The first-order valence-corrected chi connectivity index (χ1v) is 4.35. The molecular formula is C8H7BrN2O. The topological polar surface area (TPSA) is 41.8 Å². The van der Waals surface area contributed by atoms with E-state index in [9.17, 15) is 0 Å². The summed E-state index contributed by atoms with van der Waals surface area (Å²) in [4.78, 5) is 7.04. The number of furan rings is 1. The largest absolute Gasteiger partial charge is 0.469 e. The van der Waals surface area contributed by atoms with Crippen molar-refractivity contribution < 1.29 is 4.42 Å². The Morgan fingerprint density at radius 1 is 1.58 bits per heavy atom. The molecule has 0 aliphatic carbocycles. The average molecular weight is 227 g/mol. The second kappa shape index (κ2) is 3.15. The molecule has 0 saturated heterocycles. The van der Waals surface area contributed by atoms with Crippen LogP contribution < -0.4 is 0 Å². The molecule has 0 atom stereocenters. The minimum absolute atomic E-state index is 0.744. The Hall–Kier alpha value is -1.03. The normalized spacial score (nSPS) is 10.4. The molecule has 3 nitrogen and oxygen atoms in total. The first-order chi connectivity index (χ1) is 5.86. The zero-order valence-electron chi connectivity index (χ0n) is 6.25. The Morgan fingerprint density at radius 3 is 3.08 bits per heavy atom. The van der Waals surface area contributed by atoms with Gasteiger partial charge in [-0.2, -0.15) is 0 Å². The van der Waals surface area contributed by atoms with E-state index in [1.807, 2.05) is 12.1 Å². The summed E-state index contributed by atoms with van der Waals surface area (Å²) in [6.45, 7) is 0. The van der Waals surface area contributed by atoms with Gasteiger partial charge >= 0.3 is 0 Å². The second-order valence-corrected chi connectivity index (χ2v) is 3.18. The van der Waals surface area contributed by atoms with Crippen LogP contribution >= 0.6 is 15.9 Å². The van der Waals surface area contributed by atoms with Crippen molar-refractivity contribution in [1.29, 1.82) is 0 Å². The van der Waals surface area contributed by atoms with Crippen molar-refractivity contribution in [2.75, 3.05) is 0 Å². The van der Waals surface area contributed by atoms with Crippen LogP contribution in [-0.2, 0) is 6.42 Å². The summed E-state index contributed by atoms with van der Waals surface area (Å²) in [6.07, 6.45) is 4.07. The van der Waals surface area contributed by atoms with Gasteiger partial charge in [0.15, 0.2) is 0 Å². The van der Waals surface area contributed by atoms with E-state index in [0.717, 1.165) is 22.5 Å². The Labute approximate surface area is 77.9 Å². The van der Waals surface area contributed by atoms with Gasteiger partial charge in [0.2, 0.25) is 0 Å². The lowest BCUT2D eigenvalue weighted by Crippen LogP contribution is -1.86.